The standard InChI is InChI=1S/C15H24BrFN2/c1-4-11(3)9-15(5-2,10-18)19-12-6-7-14(17)13(16)8-12/h6-8,11,19H,4-5,9-10,18H2,1-3H3. The summed E-state index contributed by atoms with van der Waals surface area (Å²) >= 11 is 3.22. The molecule has 0 aromatic heterocycles. The van der Waals surface area contributed by atoms with Gasteiger partial charge < -0.3 is 11.1 Å². The molecule has 19 heavy (non-hydrogen) atoms. The summed E-state index contributed by atoms with van der Waals surface area (Å²) in [6.45, 7) is 7.14. The Labute approximate surface area is 124 Å². The Morgan fingerprint density at radius 1 is 1.42 bits per heavy atom. The van der Waals surface area contributed by atoms with Crippen molar-refractivity contribution in [1.29, 1.82) is 0 Å². The zero-order valence-electron chi connectivity index (χ0n) is 12.0. The minimum Gasteiger partial charge on any atom is -0.378 e. The molecule has 0 fully saturated rings. The lowest BCUT2D eigenvalue weighted by Gasteiger charge is -2.36. The van der Waals surface area contributed by atoms with E-state index in [0.717, 1.165) is 24.9 Å². The van der Waals surface area contributed by atoms with E-state index in [1.54, 1.807) is 12.1 Å². The summed E-state index contributed by atoms with van der Waals surface area (Å²) in [6, 6.07) is 5.00. The molecule has 0 bridgehead atoms. The van der Waals surface area contributed by atoms with E-state index in [1.165, 1.54) is 6.07 Å². The number of nitrogens with one attached hydrogen (secondary N) is 1. The fraction of sp³-hybridized carbons (Fsp3) is 0.600. The van der Waals surface area contributed by atoms with Crippen molar-refractivity contribution in [3.63, 3.8) is 0 Å². The van der Waals surface area contributed by atoms with Crippen LogP contribution in [-0.4, -0.2) is 12.1 Å². The van der Waals surface area contributed by atoms with Crippen LogP contribution in [0.4, 0.5) is 10.1 Å². The summed E-state index contributed by atoms with van der Waals surface area (Å²) in [7, 11) is 0. The largest absolute Gasteiger partial charge is 0.378 e. The predicted octanol–water partition coefficient (Wildman–Crippen LogP) is 4.54. The second-order valence-electron chi connectivity index (χ2n) is 5.31. The van der Waals surface area contributed by atoms with E-state index in [1.807, 2.05) is 0 Å². The Hall–Kier alpha value is -0.610. The number of rotatable bonds is 7. The summed E-state index contributed by atoms with van der Waals surface area (Å²) in [4.78, 5) is 0. The monoisotopic (exact) mass is 330 g/mol. The van der Waals surface area contributed by atoms with Gasteiger partial charge in [-0.15, -0.1) is 0 Å². The SMILES string of the molecule is CCC(C)CC(CC)(CN)Nc1ccc(F)c(Br)c1. The summed E-state index contributed by atoms with van der Waals surface area (Å²) in [5.74, 6) is 0.363. The minimum atomic E-state index is -0.248. The molecular weight excluding hydrogens is 307 g/mol. The van der Waals surface area contributed by atoms with Crippen molar-refractivity contribution in [2.24, 2.45) is 11.7 Å². The van der Waals surface area contributed by atoms with Gasteiger partial charge >= 0.3 is 0 Å². The zero-order chi connectivity index (χ0) is 14.5. The van der Waals surface area contributed by atoms with Crippen LogP contribution >= 0.6 is 15.9 Å². The van der Waals surface area contributed by atoms with Crippen LogP contribution in [0.3, 0.4) is 0 Å². The Balaban J connectivity index is 2.90. The molecule has 0 saturated heterocycles. The molecule has 0 aliphatic rings. The molecule has 0 spiro atoms. The van der Waals surface area contributed by atoms with Crippen LogP contribution < -0.4 is 11.1 Å². The Kier molecular flexibility index (Phi) is 6.27. The van der Waals surface area contributed by atoms with Gasteiger partial charge in [-0.3, -0.25) is 0 Å². The molecule has 0 amide bonds. The van der Waals surface area contributed by atoms with E-state index in [0.29, 0.717) is 16.9 Å². The van der Waals surface area contributed by atoms with Crippen molar-refractivity contribution in [2.75, 3.05) is 11.9 Å². The maximum atomic E-state index is 13.3. The van der Waals surface area contributed by atoms with Crippen molar-refractivity contribution in [1.82, 2.24) is 0 Å². The van der Waals surface area contributed by atoms with Gasteiger partial charge in [0.15, 0.2) is 0 Å². The van der Waals surface area contributed by atoms with Crippen molar-refractivity contribution in [2.45, 2.75) is 45.6 Å². The number of hydrogen-bond donors (Lipinski definition) is 2. The third kappa shape index (κ3) is 4.46. The van der Waals surface area contributed by atoms with Gasteiger partial charge in [0, 0.05) is 17.8 Å². The molecule has 2 atom stereocenters. The lowest BCUT2D eigenvalue weighted by Crippen LogP contribution is -2.46. The average molecular weight is 331 g/mol. The first-order chi connectivity index (χ1) is 8.96. The molecule has 1 aromatic carbocycles. The lowest BCUT2D eigenvalue weighted by atomic mass is 9.84. The first-order valence-corrected chi connectivity index (χ1v) is 7.69. The molecule has 108 valence electrons. The van der Waals surface area contributed by atoms with Crippen molar-refractivity contribution < 1.29 is 4.39 Å². The first kappa shape index (κ1) is 16.4. The van der Waals surface area contributed by atoms with Gasteiger partial charge in [0.05, 0.1) is 4.47 Å². The molecule has 0 saturated carbocycles. The molecular formula is C15H24BrFN2. The summed E-state index contributed by atoms with van der Waals surface area (Å²) in [5, 5.41) is 3.50. The highest BCUT2D eigenvalue weighted by Crippen LogP contribution is 2.28. The molecule has 3 N–H and O–H groups in total. The third-order valence-corrected chi connectivity index (χ3v) is 4.44. The van der Waals surface area contributed by atoms with Gasteiger partial charge in [0.25, 0.3) is 0 Å². The van der Waals surface area contributed by atoms with Gasteiger partial charge in [-0.25, -0.2) is 4.39 Å². The average Bonchev–Trinajstić information content (AvgIpc) is 2.42. The van der Waals surface area contributed by atoms with E-state index in [9.17, 15) is 4.39 Å². The number of anilines is 1. The molecule has 0 aliphatic carbocycles. The second-order valence-corrected chi connectivity index (χ2v) is 6.16. The van der Waals surface area contributed by atoms with E-state index in [2.05, 4.69) is 42.0 Å². The van der Waals surface area contributed by atoms with Crippen molar-refractivity contribution >= 4 is 21.6 Å². The predicted molar refractivity (Wildman–Crippen MR) is 83.9 cm³/mol. The van der Waals surface area contributed by atoms with Crippen LogP contribution in [0.5, 0.6) is 0 Å². The van der Waals surface area contributed by atoms with Crippen molar-refractivity contribution in [3.05, 3.63) is 28.5 Å². The normalized spacial score (nSPS) is 15.9. The zero-order valence-corrected chi connectivity index (χ0v) is 13.6. The highest BCUT2D eigenvalue weighted by molar-refractivity contribution is 9.10. The number of nitrogens with two attached hydrogens (primary N) is 1. The summed E-state index contributed by atoms with van der Waals surface area (Å²) in [6.07, 6.45) is 3.10. The molecule has 2 nitrogen and oxygen atoms in total. The topological polar surface area (TPSA) is 38.0 Å². The quantitative estimate of drug-likeness (QED) is 0.769. The molecule has 1 aromatic rings. The summed E-state index contributed by atoms with van der Waals surface area (Å²) in [5.41, 5.74) is 6.78. The lowest BCUT2D eigenvalue weighted by molar-refractivity contribution is 0.346. The minimum absolute atomic E-state index is 0.118. The molecule has 0 radical (unpaired) electrons. The maximum absolute atomic E-state index is 13.3. The van der Waals surface area contributed by atoms with Gasteiger partial charge in [-0.1, -0.05) is 27.2 Å². The first-order valence-electron chi connectivity index (χ1n) is 6.89. The van der Waals surface area contributed by atoms with Crippen LogP contribution in [-0.2, 0) is 0 Å². The molecule has 0 aliphatic heterocycles. The van der Waals surface area contributed by atoms with Crippen LogP contribution in [0.15, 0.2) is 22.7 Å². The van der Waals surface area contributed by atoms with Gasteiger partial charge in [-0.2, -0.15) is 0 Å². The Bertz CT molecular complexity index is 405. The second kappa shape index (κ2) is 7.25. The highest BCUT2D eigenvalue weighted by atomic mass is 79.9. The van der Waals surface area contributed by atoms with Crippen LogP contribution in [0, 0.1) is 11.7 Å². The van der Waals surface area contributed by atoms with Gasteiger partial charge in [-0.05, 0) is 52.9 Å². The van der Waals surface area contributed by atoms with Crippen LogP contribution in [0.25, 0.3) is 0 Å². The van der Waals surface area contributed by atoms with Crippen molar-refractivity contribution in [3.8, 4) is 0 Å². The number of benzene rings is 1. The molecule has 2 unspecified atom stereocenters. The molecule has 4 heteroatoms. The Morgan fingerprint density at radius 3 is 2.58 bits per heavy atom. The van der Waals surface area contributed by atoms with E-state index in [-0.39, 0.29) is 11.4 Å². The van der Waals surface area contributed by atoms with E-state index >= 15 is 0 Å². The van der Waals surface area contributed by atoms with Gasteiger partial charge in [0.1, 0.15) is 5.82 Å². The molecule has 1 rings (SSSR count). The van der Waals surface area contributed by atoms with E-state index < -0.39 is 0 Å². The maximum Gasteiger partial charge on any atom is 0.137 e. The fourth-order valence-electron chi connectivity index (χ4n) is 2.25. The van der Waals surface area contributed by atoms with E-state index in [4.69, 9.17) is 5.73 Å². The van der Waals surface area contributed by atoms with Crippen LogP contribution in [0.2, 0.25) is 0 Å². The Morgan fingerprint density at radius 2 is 2.11 bits per heavy atom. The molecule has 0 heterocycles. The number of hydrogen-bond acceptors (Lipinski definition) is 2. The third-order valence-electron chi connectivity index (χ3n) is 3.83. The number of halogens is 2. The van der Waals surface area contributed by atoms with Gasteiger partial charge in [0.2, 0.25) is 0 Å². The summed E-state index contributed by atoms with van der Waals surface area (Å²) < 4.78 is 13.7. The fourth-order valence-corrected chi connectivity index (χ4v) is 2.63. The van der Waals surface area contributed by atoms with Crippen LogP contribution in [0.1, 0.15) is 40.0 Å². The smallest absolute Gasteiger partial charge is 0.137 e. The highest BCUT2D eigenvalue weighted by Gasteiger charge is 2.28.